The number of hydrogen-bond acceptors (Lipinski definition) is 5. The van der Waals surface area contributed by atoms with E-state index >= 15 is 0 Å². The number of rotatable bonds is 4. The van der Waals surface area contributed by atoms with Gasteiger partial charge in [-0.05, 0) is 31.5 Å². The largest absolute Gasteiger partial charge is 0.309 e. The molecule has 0 saturated heterocycles. The molecule has 0 atom stereocenters. The number of fused-ring (bicyclic) bond motifs is 1. The predicted molar refractivity (Wildman–Crippen MR) is 95.5 cm³/mol. The van der Waals surface area contributed by atoms with E-state index < -0.39 is 17.5 Å². The van der Waals surface area contributed by atoms with Crippen molar-refractivity contribution in [3.8, 4) is 0 Å². The van der Waals surface area contributed by atoms with Crippen molar-refractivity contribution in [1.29, 1.82) is 0 Å². The summed E-state index contributed by atoms with van der Waals surface area (Å²) in [5.74, 6) is -1.97. The molecule has 0 aliphatic carbocycles. The van der Waals surface area contributed by atoms with Gasteiger partial charge in [0.1, 0.15) is 22.3 Å². The maximum atomic E-state index is 13.5. The summed E-state index contributed by atoms with van der Waals surface area (Å²) in [5.41, 5.74) is 2.36. The van der Waals surface area contributed by atoms with E-state index in [4.69, 9.17) is 0 Å². The second-order valence-corrected chi connectivity index (χ2v) is 6.78. The van der Waals surface area contributed by atoms with Crippen molar-refractivity contribution in [2.75, 3.05) is 0 Å². The van der Waals surface area contributed by atoms with Gasteiger partial charge in [0.2, 0.25) is 5.91 Å². The van der Waals surface area contributed by atoms with Crippen molar-refractivity contribution in [2.24, 2.45) is 5.10 Å². The van der Waals surface area contributed by atoms with Gasteiger partial charge < -0.3 is 4.98 Å². The van der Waals surface area contributed by atoms with Crippen LogP contribution in [0.1, 0.15) is 21.8 Å². The highest BCUT2D eigenvalue weighted by Gasteiger charge is 2.13. The van der Waals surface area contributed by atoms with Gasteiger partial charge in [0.15, 0.2) is 0 Å². The van der Waals surface area contributed by atoms with E-state index in [0.29, 0.717) is 10.2 Å². The first kappa shape index (κ1) is 17.9. The van der Waals surface area contributed by atoms with E-state index in [1.807, 2.05) is 13.8 Å². The molecule has 1 aromatic carbocycles. The minimum absolute atomic E-state index is 0.188. The summed E-state index contributed by atoms with van der Waals surface area (Å²) >= 11 is 1.38. The molecule has 0 aliphatic rings. The third-order valence-corrected chi connectivity index (χ3v) is 4.90. The van der Waals surface area contributed by atoms with Crippen LogP contribution in [0.4, 0.5) is 8.78 Å². The van der Waals surface area contributed by atoms with Crippen LogP contribution in [0.25, 0.3) is 10.2 Å². The molecule has 2 N–H and O–H groups in total. The highest BCUT2D eigenvalue weighted by molar-refractivity contribution is 7.18. The van der Waals surface area contributed by atoms with Gasteiger partial charge in [0, 0.05) is 4.88 Å². The molecule has 2 heterocycles. The van der Waals surface area contributed by atoms with Crippen LogP contribution in [-0.4, -0.2) is 22.1 Å². The standard InChI is InChI=1S/C17H14F2N4O2S/c1-8-9(2)26-17-15(8)16(25)21-13(22-17)6-14(24)23-20-7-10-11(18)4-3-5-12(10)19/h3-5,7H,6H2,1-2H3,(H,23,24)(H,21,22,25)/b20-7+. The molecule has 0 spiro atoms. The fourth-order valence-electron chi connectivity index (χ4n) is 2.38. The number of aromatic nitrogens is 2. The van der Waals surface area contributed by atoms with E-state index in [9.17, 15) is 18.4 Å². The summed E-state index contributed by atoms with van der Waals surface area (Å²) in [6, 6.07) is 3.40. The second kappa shape index (κ2) is 7.12. The van der Waals surface area contributed by atoms with E-state index in [0.717, 1.165) is 28.8 Å². The lowest BCUT2D eigenvalue weighted by molar-refractivity contribution is -0.120. The Hall–Kier alpha value is -2.94. The van der Waals surface area contributed by atoms with Gasteiger partial charge in [0.25, 0.3) is 5.56 Å². The summed E-state index contributed by atoms with van der Waals surface area (Å²) in [6.45, 7) is 3.73. The molecule has 3 rings (SSSR count). The third kappa shape index (κ3) is 3.52. The minimum atomic E-state index is -0.789. The first-order valence-corrected chi connectivity index (χ1v) is 8.43. The number of H-pyrrole nitrogens is 1. The predicted octanol–water partition coefficient (Wildman–Crippen LogP) is 2.57. The number of hydrogen-bond donors (Lipinski definition) is 2. The monoisotopic (exact) mass is 376 g/mol. The average molecular weight is 376 g/mol. The number of carbonyl (C=O) groups is 1. The smallest absolute Gasteiger partial charge is 0.259 e. The maximum absolute atomic E-state index is 13.5. The Balaban J connectivity index is 1.73. The molecular weight excluding hydrogens is 362 g/mol. The zero-order chi connectivity index (χ0) is 18.8. The third-order valence-electron chi connectivity index (χ3n) is 3.80. The summed E-state index contributed by atoms with van der Waals surface area (Å²) in [4.78, 5) is 32.5. The lowest BCUT2D eigenvalue weighted by Crippen LogP contribution is -2.23. The van der Waals surface area contributed by atoms with Crippen molar-refractivity contribution in [3.63, 3.8) is 0 Å². The fraction of sp³-hybridized carbons (Fsp3) is 0.176. The van der Waals surface area contributed by atoms with E-state index in [-0.39, 0.29) is 23.4 Å². The first-order chi connectivity index (χ1) is 12.4. The molecule has 134 valence electrons. The summed E-state index contributed by atoms with van der Waals surface area (Å²) in [6.07, 6.45) is 0.659. The van der Waals surface area contributed by atoms with Crippen molar-refractivity contribution < 1.29 is 13.6 Å². The molecule has 3 aromatic rings. The van der Waals surface area contributed by atoms with Gasteiger partial charge in [-0.2, -0.15) is 5.10 Å². The molecule has 0 radical (unpaired) electrons. The lowest BCUT2D eigenvalue weighted by atomic mass is 10.2. The van der Waals surface area contributed by atoms with Crippen LogP contribution in [0.5, 0.6) is 0 Å². The molecule has 6 nitrogen and oxygen atoms in total. The summed E-state index contributed by atoms with van der Waals surface area (Å²) in [5, 5.41) is 4.06. The van der Waals surface area contributed by atoms with Crippen LogP contribution in [0.15, 0.2) is 28.1 Å². The summed E-state index contributed by atoms with van der Waals surface area (Å²) in [7, 11) is 0. The molecule has 0 saturated carbocycles. The second-order valence-electron chi connectivity index (χ2n) is 5.58. The number of carbonyl (C=O) groups excluding carboxylic acids is 1. The van der Waals surface area contributed by atoms with Gasteiger partial charge in [-0.25, -0.2) is 19.2 Å². The SMILES string of the molecule is Cc1sc2nc(CC(=O)N/N=C/c3c(F)cccc3F)[nH]c(=O)c2c1C. The van der Waals surface area contributed by atoms with E-state index in [1.54, 1.807) is 0 Å². The van der Waals surface area contributed by atoms with Crippen LogP contribution >= 0.6 is 11.3 Å². The quantitative estimate of drug-likeness (QED) is 0.542. The van der Waals surface area contributed by atoms with Crippen molar-refractivity contribution >= 4 is 33.7 Å². The molecule has 0 bridgehead atoms. The van der Waals surface area contributed by atoms with Crippen LogP contribution in [0, 0.1) is 25.5 Å². The molecule has 0 aliphatic heterocycles. The number of nitrogens with zero attached hydrogens (tertiary/aromatic N) is 2. The molecule has 1 amide bonds. The Morgan fingerprint density at radius 2 is 2.04 bits per heavy atom. The number of amides is 1. The van der Waals surface area contributed by atoms with Gasteiger partial charge >= 0.3 is 0 Å². The Labute approximate surface area is 150 Å². The Bertz CT molecular complexity index is 1070. The van der Waals surface area contributed by atoms with Crippen LogP contribution in [-0.2, 0) is 11.2 Å². The van der Waals surface area contributed by atoms with Gasteiger partial charge in [-0.1, -0.05) is 6.07 Å². The summed E-state index contributed by atoms with van der Waals surface area (Å²) < 4.78 is 26.9. The normalized spacial score (nSPS) is 11.4. The van der Waals surface area contributed by atoms with E-state index in [1.165, 1.54) is 17.4 Å². The van der Waals surface area contributed by atoms with Gasteiger partial charge in [0.05, 0.1) is 23.6 Å². The fourth-order valence-corrected chi connectivity index (χ4v) is 3.43. The Morgan fingerprint density at radius 3 is 2.73 bits per heavy atom. The Morgan fingerprint density at radius 1 is 1.35 bits per heavy atom. The average Bonchev–Trinajstić information content (AvgIpc) is 2.85. The zero-order valence-corrected chi connectivity index (χ0v) is 14.7. The van der Waals surface area contributed by atoms with Gasteiger partial charge in [-0.3, -0.25) is 9.59 Å². The van der Waals surface area contributed by atoms with E-state index in [2.05, 4.69) is 20.5 Å². The number of aryl methyl sites for hydroxylation is 2. The van der Waals surface area contributed by atoms with Crippen LogP contribution in [0.3, 0.4) is 0 Å². The number of aromatic amines is 1. The number of thiophene rings is 1. The highest BCUT2D eigenvalue weighted by Crippen LogP contribution is 2.25. The zero-order valence-electron chi connectivity index (χ0n) is 13.9. The first-order valence-electron chi connectivity index (χ1n) is 7.61. The number of nitrogens with one attached hydrogen (secondary N) is 2. The molecular formula is C17H14F2N4O2S. The van der Waals surface area contributed by atoms with Gasteiger partial charge in [-0.15, -0.1) is 11.3 Å². The molecule has 26 heavy (non-hydrogen) atoms. The molecule has 9 heteroatoms. The molecule has 0 fully saturated rings. The van der Waals surface area contributed by atoms with Crippen molar-refractivity contribution in [2.45, 2.75) is 20.3 Å². The Kier molecular flexibility index (Phi) is 4.90. The highest BCUT2D eigenvalue weighted by atomic mass is 32.1. The topological polar surface area (TPSA) is 87.2 Å². The molecule has 2 aromatic heterocycles. The van der Waals surface area contributed by atoms with Crippen LogP contribution < -0.4 is 11.0 Å². The molecule has 0 unspecified atom stereocenters. The maximum Gasteiger partial charge on any atom is 0.259 e. The number of benzene rings is 1. The minimum Gasteiger partial charge on any atom is -0.309 e. The van der Waals surface area contributed by atoms with Crippen molar-refractivity contribution in [3.05, 3.63) is 62.0 Å². The van der Waals surface area contributed by atoms with Crippen molar-refractivity contribution in [1.82, 2.24) is 15.4 Å². The number of halogens is 2. The lowest BCUT2D eigenvalue weighted by Gasteiger charge is -2.01. The van der Waals surface area contributed by atoms with Crippen LogP contribution in [0.2, 0.25) is 0 Å². The number of hydrazone groups is 1.